The molecule has 2 unspecified atom stereocenters. The summed E-state index contributed by atoms with van der Waals surface area (Å²) >= 11 is 0. The van der Waals surface area contributed by atoms with E-state index in [0.717, 1.165) is 31.5 Å². The van der Waals surface area contributed by atoms with Crippen molar-refractivity contribution < 1.29 is 5.11 Å². The first-order chi connectivity index (χ1) is 9.15. The molecule has 0 aliphatic heterocycles. The summed E-state index contributed by atoms with van der Waals surface area (Å²) in [7, 11) is 0. The largest absolute Gasteiger partial charge is 0.388 e. The van der Waals surface area contributed by atoms with E-state index in [1.807, 2.05) is 0 Å². The van der Waals surface area contributed by atoms with Crippen LogP contribution < -0.4 is 5.32 Å². The van der Waals surface area contributed by atoms with Crippen LogP contribution in [0.15, 0.2) is 12.1 Å². The molecule has 3 nitrogen and oxygen atoms in total. The Hall–Kier alpha value is -1.09. The third-order valence-corrected chi connectivity index (χ3v) is 4.59. The smallest absolute Gasteiger partial charge is 0.126 e. The van der Waals surface area contributed by atoms with Crippen LogP contribution in [0.3, 0.4) is 0 Å². The van der Waals surface area contributed by atoms with Gasteiger partial charge in [-0.05, 0) is 49.7 Å². The number of pyridine rings is 1. The molecule has 0 spiro atoms. The fraction of sp³-hybridized carbons (Fsp3) is 0.688. The minimum atomic E-state index is -0.543. The Bertz CT molecular complexity index is 460. The fourth-order valence-electron chi connectivity index (χ4n) is 3.57. The summed E-state index contributed by atoms with van der Waals surface area (Å²) in [5, 5.41) is 14.0. The lowest BCUT2D eigenvalue weighted by Gasteiger charge is -2.35. The van der Waals surface area contributed by atoms with Crippen molar-refractivity contribution in [3.63, 3.8) is 0 Å². The highest BCUT2D eigenvalue weighted by Crippen LogP contribution is 2.32. The highest BCUT2D eigenvalue weighted by Gasteiger charge is 2.32. The Balaban J connectivity index is 1.62. The quantitative estimate of drug-likeness (QED) is 0.878. The molecule has 1 aromatic rings. The van der Waals surface area contributed by atoms with Crippen LogP contribution in [-0.4, -0.2) is 22.2 Å². The molecule has 0 saturated heterocycles. The number of aryl methyl sites for hydroxylation is 2. The number of aliphatic hydroxyl groups is 1. The molecule has 1 heterocycles. The van der Waals surface area contributed by atoms with Crippen LogP contribution in [0.1, 0.15) is 50.3 Å². The van der Waals surface area contributed by atoms with Crippen molar-refractivity contribution in [1.29, 1.82) is 0 Å². The summed E-state index contributed by atoms with van der Waals surface area (Å²) in [5.74, 6) is 1.56. The maximum atomic E-state index is 10.6. The Morgan fingerprint density at radius 1 is 1.37 bits per heavy atom. The van der Waals surface area contributed by atoms with E-state index in [1.165, 1.54) is 30.5 Å². The molecule has 2 aliphatic rings. The predicted octanol–water partition coefficient (Wildman–Crippen LogP) is 2.92. The average molecular weight is 260 g/mol. The van der Waals surface area contributed by atoms with E-state index in [0.29, 0.717) is 12.5 Å². The van der Waals surface area contributed by atoms with Crippen LogP contribution in [0.2, 0.25) is 0 Å². The summed E-state index contributed by atoms with van der Waals surface area (Å²) in [6.45, 7) is 2.86. The predicted molar refractivity (Wildman–Crippen MR) is 77.3 cm³/mol. The van der Waals surface area contributed by atoms with Crippen molar-refractivity contribution in [3.8, 4) is 0 Å². The van der Waals surface area contributed by atoms with Gasteiger partial charge in [-0.1, -0.05) is 25.8 Å². The number of hydrogen-bond acceptors (Lipinski definition) is 3. The van der Waals surface area contributed by atoms with Gasteiger partial charge < -0.3 is 10.4 Å². The van der Waals surface area contributed by atoms with Gasteiger partial charge in [-0.3, -0.25) is 0 Å². The number of fused-ring (bicyclic) bond motifs is 1. The van der Waals surface area contributed by atoms with Gasteiger partial charge in [0, 0.05) is 12.2 Å². The number of anilines is 1. The van der Waals surface area contributed by atoms with E-state index in [9.17, 15) is 5.11 Å². The zero-order chi connectivity index (χ0) is 13.3. The van der Waals surface area contributed by atoms with Crippen molar-refractivity contribution in [2.75, 3.05) is 11.9 Å². The Morgan fingerprint density at radius 2 is 2.26 bits per heavy atom. The SMILES string of the molecule is CC1CCCC(O)(CNc2ccc3c(n2)CCC3)C1. The molecule has 0 bridgehead atoms. The summed E-state index contributed by atoms with van der Waals surface area (Å²) in [5.41, 5.74) is 2.10. The summed E-state index contributed by atoms with van der Waals surface area (Å²) in [6.07, 6.45) is 7.71. The minimum absolute atomic E-state index is 0.543. The zero-order valence-corrected chi connectivity index (χ0v) is 11.8. The molecule has 3 heteroatoms. The Kier molecular flexibility index (Phi) is 3.48. The van der Waals surface area contributed by atoms with Crippen molar-refractivity contribution in [2.45, 2.75) is 57.5 Å². The third kappa shape index (κ3) is 2.92. The molecule has 2 aliphatic carbocycles. The number of nitrogens with one attached hydrogen (secondary N) is 1. The van der Waals surface area contributed by atoms with Gasteiger partial charge in [0.2, 0.25) is 0 Å². The molecule has 3 rings (SSSR count). The normalized spacial score (nSPS) is 30.1. The van der Waals surface area contributed by atoms with Gasteiger partial charge in [-0.25, -0.2) is 4.98 Å². The number of aromatic nitrogens is 1. The van der Waals surface area contributed by atoms with Crippen LogP contribution in [-0.2, 0) is 12.8 Å². The monoisotopic (exact) mass is 260 g/mol. The molecule has 1 aromatic heterocycles. The van der Waals surface area contributed by atoms with E-state index < -0.39 is 5.60 Å². The minimum Gasteiger partial charge on any atom is -0.388 e. The van der Waals surface area contributed by atoms with E-state index in [-0.39, 0.29) is 0 Å². The summed E-state index contributed by atoms with van der Waals surface area (Å²) in [6, 6.07) is 4.24. The Labute approximate surface area is 115 Å². The van der Waals surface area contributed by atoms with E-state index in [2.05, 4.69) is 29.4 Å². The highest BCUT2D eigenvalue weighted by atomic mass is 16.3. The highest BCUT2D eigenvalue weighted by molar-refractivity contribution is 5.40. The van der Waals surface area contributed by atoms with Crippen LogP contribution >= 0.6 is 0 Å². The molecule has 1 saturated carbocycles. The van der Waals surface area contributed by atoms with Crippen LogP contribution in [0.25, 0.3) is 0 Å². The van der Waals surface area contributed by atoms with Gasteiger partial charge in [-0.15, -0.1) is 0 Å². The topological polar surface area (TPSA) is 45.1 Å². The molecule has 2 N–H and O–H groups in total. The third-order valence-electron chi connectivity index (χ3n) is 4.59. The number of rotatable bonds is 3. The molecular formula is C16H24N2O. The standard InChI is InChI=1S/C16H24N2O/c1-12-4-3-9-16(19,10-12)11-17-15-8-7-13-5-2-6-14(13)18-15/h7-8,12,19H,2-6,9-11H2,1H3,(H,17,18). The number of hydrogen-bond donors (Lipinski definition) is 2. The van der Waals surface area contributed by atoms with Crippen molar-refractivity contribution in [2.24, 2.45) is 5.92 Å². The maximum absolute atomic E-state index is 10.6. The van der Waals surface area contributed by atoms with Gasteiger partial charge >= 0.3 is 0 Å². The van der Waals surface area contributed by atoms with Gasteiger partial charge in [-0.2, -0.15) is 0 Å². The lowest BCUT2D eigenvalue weighted by Crippen LogP contribution is -2.41. The van der Waals surface area contributed by atoms with Gasteiger partial charge in [0.1, 0.15) is 5.82 Å². The molecule has 104 valence electrons. The van der Waals surface area contributed by atoms with Crippen molar-refractivity contribution in [1.82, 2.24) is 4.98 Å². The van der Waals surface area contributed by atoms with Gasteiger partial charge in [0.05, 0.1) is 5.60 Å². The average Bonchev–Trinajstić information content (AvgIpc) is 2.83. The molecule has 0 amide bonds. The molecule has 19 heavy (non-hydrogen) atoms. The second-order valence-corrected chi connectivity index (χ2v) is 6.44. The molecule has 0 radical (unpaired) electrons. The van der Waals surface area contributed by atoms with E-state index in [4.69, 9.17) is 0 Å². The zero-order valence-electron chi connectivity index (χ0n) is 11.8. The summed E-state index contributed by atoms with van der Waals surface area (Å²) in [4.78, 5) is 4.67. The van der Waals surface area contributed by atoms with Crippen molar-refractivity contribution >= 4 is 5.82 Å². The first-order valence-corrected chi connectivity index (χ1v) is 7.60. The fourth-order valence-corrected chi connectivity index (χ4v) is 3.57. The number of nitrogens with zero attached hydrogens (tertiary/aromatic N) is 1. The first kappa shape index (κ1) is 12.9. The molecule has 2 atom stereocenters. The van der Waals surface area contributed by atoms with Crippen LogP contribution in [0.4, 0.5) is 5.82 Å². The first-order valence-electron chi connectivity index (χ1n) is 7.60. The van der Waals surface area contributed by atoms with Gasteiger partial charge in [0.15, 0.2) is 0 Å². The second kappa shape index (κ2) is 5.12. The molecule has 0 aromatic carbocycles. The Morgan fingerprint density at radius 3 is 3.11 bits per heavy atom. The molecule has 1 fully saturated rings. The van der Waals surface area contributed by atoms with Gasteiger partial charge in [0.25, 0.3) is 0 Å². The maximum Gasteiger partial charge on any atom is 0.126 e. The van der Waals surface area contributed by atoms with E-state index >= 15 is 0 Å². The van der Waals surface area contributed by atoms with E-state index in [1.54, 1.807) is 0 Å². The van der Waals surface area contributed by atoms with Crippen molar-refractivity contribution in [3.05, 3.63) is 23.4 Å². The molecular weight excluding hydrogens is 236 g/mol. The van der Waals surface area contributed by atoms with Crippen LogP contribution in [0.5, 0.6) is 0 Å². The van der Waals surface area contributed by atoms with Crippen LogP contribution in [0, 0.1) is 5.92 Å². The second-order valence-electron chi connectivity index (χ2n) is 6.44. The lowest BCUT2D eigenvalue weighted by molar-refractivity contribution is -0.000828. The summed E-state index contributed by atoms with van der Waals surface area (Å²) < 4.78 is 0. The lowest BCUT2D eigenvalue weighted by atomic mass is 9.79.